The highest BCUT2D eigenvalue weighted by Gasteiger charge is 2.06. The molecule has 1 rings (SSSR count). The van der Waals surface area contributed by atoms with E-state index in [1.807, 2.05) is 0 Å². The minimum atomic E-state index is -0.702. The van der Waals surface area contributed by atoms with Crippen molar-refractivity contribution < 1.29 is 24.5 Å². The fraction of sp³-hybridized carbons (Fsp3) is 0.692. The summed E-state index contributed by atoms with van der Waals surface area (Å²) in [6, 6.07) is 6.52. The third-order valence-electron chi connectivity index (χ3n) is 5.62. The molecule has 0 aliphatic rings. The lowest BCUT2D eigenvalue weighted by Gasteiger charge is -2.13. The maximum atomic E-state index is 10.6. The van der Waals surface area contributed by atoms with Gasteiger partial charge in [-0.3, -0.25) is 9.59 Å². The van der Waals surface area contributed by atoms with Gasteiger partial charge in [0.15, 0.2) is 0 Å². The number of ether oxygens (including phenoxy) is 1. The summed E-state index contributed by atoms with van der Waals surface area (Å²) in [5, 5.41) is 17.4. The van der Waals surface area contributed by atoms with E-state index in [1.165, 1.54) is 11.1 Å². The molecule has 0 radical (unpaired) electrons. The molecule has 5 heteroatoms. The van der Waals surface area contributed by atoms with E-state index in [9.17, 15) is 9.59 Å². The van der Waals surface area contributed by atoms with Crippen molar-refractivity contribution >= 4 is 11.9 Å². The normalized spacial score (nSPS) is 10.9. The maximum Gasteiger partial charge on any atom is 0.303 e. The molecule has 0 aliphatic heterocycles. The Labute approximate surface area is 188 Å². The third-order valence-corrected chi connectivity index (χ3v) is 5.62. The van der Waals surface area contributed by atoms with Crippen LogP contribution in [0.3, 0.4) is 0 Å². The van der Waals surface area contributed by atoms with Gasteiger partial charge in [0.25, 0.3) is 0 Å². The summed E-state index contributed by atoms with van der Waals surface area (Å²) in [5.74, 6) is -0.443. The molecule has 0 spiro atoms. The van der Waals surface area contributed by atoms with Crippen LogP contribution in [0.5, 0.6) is 5.75 Å². The first-order valence-electron chi connectivity index (χ1n) is 12.2. The summed E-state index contributed by atoms with van der Waals surface area (Å²) < 4.78 is 5.91. The smallest absolute Gasteiger partial charge is 0.303 e. The van der Waals surface area contributed by atoms with E-state index in [-0.39, 0.29) is 12.8 Å². The third kappa shape index (κ3) is 14.6. The standard InChI is InChI=1S/C26H42O5/c1-2-3-20-31-24-19-18-22(14-10-6-4-8-12-16-25(27)28)23(21-24)15-11-7-5-9-13-17-26(29)30/h18-19,21H,2-17,20H2,1H3,(H,27,28)(H,29,30). The topological polar surface area (TPSA) is 83.8 Å². The second-order valence-corrected chi connectivity index (χ2v) is 8.46. The monoisotopic (exact) mass is 434 g/mol. The lowest BCUT2D eigenvalue weighted by molar-refractivity contribution is -0.138. The molecule has 1 aromatic rings. The Bertz CT molecular complexity index is 626. The van der Waals surface area contributed by atoms with Gasteiger partial charge in [0.2, 0.25) is 0 Å². The van der Waals surface area contributed by atoms with Gasteiger partial charge >= 0.3 is 11.9 Å². The Hall–Kier alpha value is -2.04. The minimum absolute atomic E-state index is 0.275. The molecule has 0 amide bonds. The van der Waals surface area contributed by atoms with E-state index in [0.717, 1.165) is 102 Å². The van der Waals surface area contributed by atoms with Crippen LogP contribution in [0, 0.1) is 0 Å². The number of unbranched alkanes of at least 4 members (excludes halogenated alkanes) is 9. The first-order valence-corrected chi connectivity index (χ1v) is 12.2. The van der Waals surface area contributed by atoms with E-state index in [4.69, 9.17) is 14.9 Å². The van der Waals surface area contributed by atoms with E-state index in [2.05, 4.69) is 25.1 Å². The second kappa shape index (κ2) is 17.6. The van der Waals surface area contributed by atoms with Crippen LogP contribution in [-0.4, -0.2) is 28.8 Å². The molecular weight excluding hydrogens is 392 g/mol. The zero-order chi connectivity index (χ0) is 22.7. The molecule has 0 aliphatic carbocycles. The molecule has 0 aromatic heterocycles. The van der Waals surface area contributed by atoms with Gasteiger partial charge in [-0.05, 0) is 68.2 Å². The molecule has 0 saturated carbocycles. The first-order chi connectivity index (χ1) is 15.0. The Morgan fingerprint density at radius 1 is 0.710 bits per heavy atom. The molecule has 31 heavy (non-hydrogen) atoms. The molecule has 5 nitrogen and oxygen atoms in total. The van der Waals surface area contributed by atoms with Crippen LogP contribution in [0.2, 0.25) is 0 Å². The van der Waals surface area contributed by atoms with Crippen LogP contribution in [0.25, 0.3) is 0 Å². The molecule has 0 saturated heterocycles. The summed E-state index contributed by atoms with van der Waals surface area (Å²) >= 11 is 0. The number of benzene rings is 1. The molecule has 176 valence electrons. The van der Waals surface area contributed by atoms with Gasteiger partial charge in [0.05, 0.1) is 6.61 Å². The van der Waals surface area contributed by atoms with Gasteiger partial charge in [0, 0.05) is 12.8 Å². The summed E-state index contributed by atoms with van der Waals surface area (Å²) in [4.78, 5) is 21.2. The predicted molar refractivity (Wildman–Crippen MR) is 125 cm³/mol. The van der Waals surface area contributed by atoms with Crippen molar-refractivity contribution in [1.82, 2.24) is 0 Å². The molecule has 0 unspecified atom stereocenters. The first kappa shape index (κ1) is 27.0. The molecule has 0 fully saturated rings. The van der Waals surface area contributed by atoms with Gasteiger partial charge in [0.1, 0.15) is 5.75 Å². The zero-order valence-corrected chi connectivity index (χ0v) is 19.4. The largest absolute Gasteiger partial charge is 0.494 e. The van der Waals surface area contributed by atoms with E-state index >= 15 is 0 Å². The van der Waals surface area contributed by atoms with Crippen molar-refractivity contribution in [2.45, 2.75) is 110 Å². The number of hydrogen-bond donors (Lipinski definition) is 2. The summed E-state index contributed by atoms with van der Waals surface area (Å²) in [6.45, 7) is 2.92. The molecule has 1 aromatic carbocycles. The predicted octanol–water partition coefficient (Wildman–Crippen LogP) is 6.80. The van der Waals surface area contributed by atoms with Gasteiger partial charge in [-0.2, -0.15) is 0 Å². The SMILES string of the molecule is CCCCOc1ccc(CCCCCCCC(=O)O)c(CCCCCCCC(=O)O)c1. The van der Waals surface area contributed by atoms with E-state index in [1.54, 1.807) is 0 Å². The minimum Gasteiger partial charge on any atom is -0.494 e. The average molecular weight is 435 g/mol. The Balaban J connectivity index is 2.44. The number of aryl methyl sites for hydroxylation is 2. The molecule has 2 N–H and O–H groups in total. The van der Waals surface area contributed by atoms with Gasteiger partial charge in [-0.25, -0.2) is 0 Å². The highest BCUT2D eigenvalue weighted by atomic mass is 16.5. The van der Waals surface area contributed by atoms with Crippen molar-refractivity contribution in [2.24, 2.45) is 0 Å². The molecule has 0 atom stereocenters. The average Bonchev–Trinajstić information content (AvgIpc) is 2.73. The summed E-state index contributed by atoms with van der Waals surface area (Å²) in [6.07, 6.45) is 15.1. The van der Waals surface area contributed by atoms with Gasteiger partial charge in [-0.15, -0.1) is 0 Å². The van der Waals surface area contributed by atoms with Crippen LogP contribution in [-0.2, 0) is 22.4 Å². The Morgan fingerprint density at radius 2 is 1.23 bits per heavy atom. The van der Waals surface area contributed by atoms with Crippen molar-refractivity contribution in [3.8, 4) is 5.75 Å². The molecule has 0 bridgehead atoms. The van der Waals surface area contributed by atoms with Gasteiger partial charge < -0.3 is 14.9 Å². The number of carboxylic acid groups (broad SMARTS) is 2. The number of hydrogen-bond acceptors (Lipinski definition) is 3. The lowest BCUT2D eigenvalue weighted by Crippen LogP contribution is -2.00. The molecule has 0 heterocycles. The lowest BCUT2D eigenvalue weighted by atomic mass is 9.96. The van der Waals surface area contributed by atoms with Crippen LogP contribution >= 0.6 is 0 Å². The maximum absolute atomic E-state index is 10.6. The molecular formula is C26H42O5. The fourth-order valence-corrected chi connectivity index (χ4v) is 3.75. The summed E-state index contributed by atoms with van der Waals surface area (Å²) in [5.41, 5.74) is 2.78. The van der Waals surface area contributed by atoms with Crippen LogP contribution in [0.1, 0.15) is 108 Å². The summed E-state index contributed by atoms with van der Waals surface area (Å²) in [7, 11) is 0. The van der Waals surface area contributed by atoms with Crippen LogP contribution in [0.15, 0.2) is 18.2 Å². The van der Waals surface area contributed by atoms with Gasteiger partial charge in [-0.1, -0.05) is 57.9 Å². The van der Waals surface area contributed by atoms with Crippen LogP contribution in [0.4, 0.5) is 0 Å². The Morgan fingerprint density at radius 3 is 1.77 bits per heavy atom. The highest BCUT2D eigenvalue weighted by Crippen LogP contribution is 2.23. The number of carbonyl (C=O) groups is 2. The quantitative estimate of drug-likeness (QED) is 0.220. The number of rotatable bonds is 20. The number of carboxylic acids is 2. The van der Waals surface area contributed by atoms with Crippen LogP contribution < -0.4 is 4.74 Å². The van der Waals surface area contributed by atoms with Crippen molar-refractivity contribution in [1.29, 1.82) is 0 Å². The second-order valence-electron chi connectivity index (χ2n) is 8.46. The fourth-order valence-electron chi connectivity index (χ4n) is 3.75. The van der Waals surface area contributed by atoms with Crippen molar-refractivity contribution in [2.75, 3.05) is 6.61 Å². The Kier molecular flexibility index (Phi) is 15.3. The van der Waals surface area contributed by atoms with E-state index in [0.29, 0.717) is 0 Å². The van der Waals surface area contributed by atoms with E-state index < -0.39 is 11.9 Å². The zero-order valence-electron chi connectivity index (χ0n) is 19.4. The van der Waals surface area contributed by atoms with Crippen molar-refractivity contribution in [3.05, 3.63) is 29.3 Å². The highest BCUT2D eigenvalue weighted by molar-refractivity contribution is 5.66. The van der Waals surface area contributed by atoms with Crippen molar-refractivity contribution in [3.63, 3.8) is 0 Å². The number of aliphatic carboxylic acids is 2.